The van der Waals surface area contributed by atoms with Gasteiger partial charge in [0.2, 0.25) is 0 Å². The molecule has 0 spiro atoms. The minimum absolute atomic E-state index is 0.171. The first-order chi connectivity index (χ1) is 13.2. The first-order valence-corrected chi connectivity index (χ1v) is 9.30. The zero-order chi connectivity index (χ0) is 20.6. The molecule has 1 fully saturated rings. The Hall–Kier alpha value is -2.61. The third-order valence-electron chi connectivity index (χ3n) is 5.50. The number of fused-ring (bicyclic) bond motifs is 1. The maximum absolute atomic E-state index is 12.1. The second-order valence-corrected chi connectivity index (χ2v) is 8.00. The van der Waals surface area contributed by atoms with Gasteiger partial charge in [-0.3, -0.25) is 0 Å². The number of carbonyl (C=O) groups is 2. The maximum Gasteiger partial charge on any atom is 0.358 e. The largest absolute Gasteiger partial charge is 0.467 e. The third kappa shape index (κ3) is 3.56. The Morgan fingerprint density at radius 3 is 2.43 bits per heavy atom. The minimum atomic E-state index is -1.42. The Balaban J connectivity index is 2.21. The lowest BCUT2D eigenvalue weighted by atomic mass is 9.82. The van der Waals surface area contributed by atoms with Crippen molar-refractivity contribution in [3.8, 4) is 0 Å². The van der Waals surface area contributed by atoms with Crippen LogP contribution in [-0.4, -0.2) is 54.0 Å². The summed E-state index contributed by atoms with van der Waals surface area (Å²) in [4.78, 5) is 26.2. The van der Waals surface area contributed by atoms with E-state index < -0.39 is 18.0 Å². The Morgan fingerprint density at radius 1 is 1.21 bits per heavy atom. The summed E-state index contributed by atoms with van der Waals surface area (Å²) in [5.74, 6) is -1.26. The van der Waals surface area contributed by atoms with Crippen molar-refractivity contribution in [3.63, 3.8) is 0 Å². The van der Waals surface area contributed by atoms with Crippen LogP contribution in [0, 0.1) is 12.3 Å². The van der Waals surface area contributed by atoms with Gasteiger partial charge in [0.15, 0.2) is 11.8 Å². The zero-order valence-electron chi connectivity index (χ0n) is 17.0. The summed E-state index contributed by atoms with van der Waals surface area (Å²) < 4.78 is 11.2. The van der Waals surface area contributed by atoms with E-state index in [-0.39, 0.29) is 11.1 Å². The topological polar surface area (TPSA) is 93.4 Å². The molecular weight excluding hydrogens is 362 g/mol. The molecule has 1 aliphatic heterocycles. The van der Waals surface area contributed by atoms with Gasteiger partial charge in [0.25, 0.3) is 0 Å². The lowest BCUT2D eigenvalue weighted by molar-refractivity contribution is -0.150. The van der Waals surface area contributed by atoms with Gasteiger partial charge in [0.05, 0.1) is 25.4 Å². The van der Waals surface area contributed by atoms with Gasteiger partial charge in [0.1, 0.15) is 0 Å². The average Bonchev–Trinajstić information content (AvgIpc) is 3.08. The molecule has 1 atom stereocenters. The molecule has 0 radical (unpaired) electrons. The van der Waals surface area contributed by atoms with Gasteiger partial charge >= 0.3 is 11.9 Å². The molecule has 3 rings (SSSR count). The minimum Gasteiger partial charge on any atom is -0.467 e. The molecule has 8 nitrogen and oxygen atoms in total. The summed E-state index contributed by atoms with van der Waals surface area (Å²) in [6, 6.07) is 1.63. The number of hydrogen-bond acceptors (Lipinski definition) is 7. The van der Waals surface area contributed by atoms with Gasteiger partial charge in [0, 0.05) is 30.9 Å². The maximum atomic E-state index is 12.1. The smallest absolute Gasteiger partial charge is 0.358 e. The van der Waals surface area contributed by atoms with Gasteiger partial charge in [-0.15, -0.1) is 0 Å². The molecule has 1 aliphatic rings. The Labute approximate surface area is 164 Å². The van der Waals surface area contributed by atoms with Gasteiger partial charge in [-0.25, -0.2) is 14.1 Å². The Kier molecular flexibility index (Phi) is 5.34. The molecule has 0 amide bonds. The van der Waals surface area contributed by atoms with Crippen LogP contribution >= 0.6 is 0 Å². The first-order valence-electron chi connectivity index (χ1n) is 9.30. The van der Waals surface area contributed by atoms with E-state index in [0.29, 0.717) is 22.3 Å². The number of rotatable bonds is 4. The molecule has 2 aromatic heterocycles. The molecule has 152 valence electrons. The highest BCUT2D eigenvalue weighted by Gasteiger charge is 2.32. The molecule has 0 aliphatic carbocycles. The number of carbonyl (C=O) groups excluding carboxylic acids is 2. The standard InChI is InChI=1S/C20H27N3O5/c1-12-11-23-14(10-13(21-23)18(25)27-4)16(15(12)17(24)19(26)28-5)22-8-6-20(2,3)7-9-22/h10-11,17,24H,6-9H2,1-5H3/t17-/m0/s1. The highest BCUT2D eigenvalue weighted by molar-refractivity contribution is 5.92. The van der Waals surface area contributed by atoms with E-state index in [1.54, 1.807) is 23.7 Å². The van der Waals surface area contributed by atoms with Crippen LogP contribution in [0.3, 0.4) is 0 Å². The van der Waals surface area contributed by atoms with Crippen LogP contribution in [0.1, 0.15) is 54.4 Å². The van der Waals surface area contributed by atoms with E-state index in [1.807, 2.05) is 0 Å². The number of anilines is 1. The van der Waals surface area contributed by atoms with E-state index in [2.05, 4.69) is 23.8 Å². The molecule has 1 saturated heterocycles. The van der Waals surface area contributed by atoms with Crippen LogP contribution in [0.2, 0.25) is 0 Å². The quantitative estimate of drug-likeness (QED) is 0.802. The summed E-state index contributed by atoms with van der Waals surface area (Å²) >= 11 is 0. The summed E-state index contributed by atoms with van der Waals surface area (Å²) in [5.41, 5.74) is 2.92. The van der Waals surface area contributed by atoms with E-state index in [9.17, 15) is 14.7 Å². The number of aliphatic hydroxyl groups is 1. The van der Waals surface area contributed by atoms with Crippen molar-refractivity contribution >= 4 is 23.1 Å². The highest BCUT2D eigenvalue weighted by Crippen LogP contribution is 2.39. The van der Waals surface area contributed by atoms with E-state index in [4.69, 9.17) is 9.47 Å². The summed E-state index contributed by atoms with van der Waals surface area (Å²) in [7, 11) is 2.55. The van der Waals surface area contributed by atoms with Crippen LogP contribution in [0.4, 0.5) is 5.69 Å². The Bertz CT molecular complexity index is 908. The number of nitrogens with zero attached hydrogens (tertiary/aromatic N) is 3. The van der Waals surface area contributed by atoms with Crippen molar-refractivity contribution in [2.45, 2.75) is 39.7 Å². The zero-order valence-corrected chi connectivity index (χ0v) is 17.0. The van der Waals surface area contributed by atoms with E-state index in [0.717, 1.165) is 25.9 Å². The molecule has 0 unspecified atom stereocenters. The normalized spacial score (nSPS) is 17.4. The van der Waals surface area contributed by atoms with E-state index in [1.165, 1.54) is 14.2 Å². The van der Waals surface area contributed by atoms with Crippen molar-refractivity contribution < 1.29 is 24.2 Å². The van der Waals surface area contributed by atoms with Crippen molar-refractivity contribution in [1.29, 1.82) is 0 Å². The van der Waals surface area contributed by atoms with Crippen molar-refractivity contribution in [3.05, 3.63) is 29.1 Å². The Morgan fingerprint density at radius 2 is 1.86 bits per heavy atom. The molecule has 28 heavy (non-hydrogen) atoms. The van der Waals surface area contributed by atoms with Crippen molar-refractivity contribution in [1.82, 2.24) is 9.61 Å². The number of esters is 2. The monoisotopic (exact) mass is 389 g/mol. The molecule has 0 saturated carbocycles. The third-order valence-corrected chi connectivity index (χ3v) is 5.50. The fourth-order valence-corrected chi connectivity index (χ4v) is 3.69. The summed E-state index contributed by atoms with van der Waals surface area (Å²) in [5, 5.41) is 15.0. The predicted molar refractivity (Wildman–Crippen MR) is 103 cm³/mol. The van der Waals surface area contributed by atoms with Crippen LogP contribution < -0.4 is 4.90 Å². The number of aromatic nitrogens is 2. The van der Waals surface area contributed by atoms with Crippen LogP contribution in [0.5, 0.6) is 0 Å². The number of ether oxygens (including phenoxy) is 2. The molecule has 3 heterocycles. The van der Waals surface area contributed by atoms with Crippen molar-refractivity contribution in [2.75, 3.05) is 32.2 Å². The summed E-state index contributed by atoms with van der Waals surface area (Å²) in [6.07, 6.45) is 2.22. The number of piperidine rings is 1. The highest BCUT2D eigenvalue weighted by atomic mass is 16.5. The molecular formula is C20H27N3O5. The fraction of sp³-hybridized carbons (Fsp3) is 0.550. The number of aryl methyl sites for hydroxylation is 1. The number of pyridine rings is 1. The second kappa shape index (κ2) is 7.43. The van der Waals surface area contributed by atoms with Crippen molar-refractivity contribution in [2.24, 2.45) is 5.41 Å². The van der Waals surface area contributed by atoms with Gasteiger partial charge in [-0.05, 0) is 30.7 Å². The van der Waals surface area contributed by atoms with Crippen LogP contribution in [0.25, 0.3) is 5.52 Å². The molecule has 8 heteroatoms. The van der Waals surface area contributed by atoms with E-state index >= 15 is 0 Å². The lowest BCUT2D eigenvalue weighted by Gasteiger charge is -2.39. The number of aliphatic hydroxyl groups excluding tert-OH is 1. The molecule has 0 bridgehead atoms. The fourth-order valence-electron chi connectivity index (χ4n) is 3.69. The van der Waals surface area contributed by atoms with Gasteiger partial charge < -0.3 is 19.5 Å². The SMILES string of the molecule is COC(=O)c1cc2c(N3CCC(C)(C)CC3)c([C@H](O)C(=O)OC)c(C)cn2n1. The van der Waals surface area contributed by atoms with Gasteiger partial charge in [-0.2, -0.15) is 5.10 Å². The predicted octanol–water partition coefficient (Wildman–Crippen LogP) is 2.26. The molecule has 1 N–H and O–H groups in total. The lowest BCUT2D eigenvalue weighted by Crippen LogP contribution is -2.38. The average molecular weight is 389 g/mol. The van der Waals surface area contributed by atoms with Crippen LogP contribution in [-0.2, 0) is 14.3 Å². The molecule has 2 aromatic rings. The summed E-state index contributed by atoms with van der Waals surface area (Å²) in [6.45, 7) is 7.80. The molecule has 0 aromatic carbocycles. The second-order valence-electron chi connectivity index (χ2n) is 8.00. The first kappa shape index (κ1) is 20.1. The number of methoxy groups -OCH3 is 2. The van der Waals surface area contributed by atoms with Gasteiger partial charge in [-0.1, -0.05) is 13.8 Å². The van der Waals surface area contributed by atoms with Crippen LogP contribution in [0.15, 0.2) is 12.3 Å². The number of hydrogen-bond donors (Lipinski definition) is 1.